The van der Waals surface area contributed by atoms with Gasteiger partial charge in [0, 0.05) is 67.5 Å². The van der Waals surface area contributed by atoms with Crippen LogP contribution in [0, 0.1) is 6.92 Å². The molecule has 0 fully saturated rings. The van der Waals surface area contributed by atoms with Crippen LogP contribution < -0.4 is 9.80 Å². The fourth-order valence-corrected chi connectivity index (χ4v) is 3.84. The second-order valence-electron chi connectivity index (χ2n) is 7.35. The first kappa shape index (κ1) is 15.3. The Balaban J connectivity index is 1.53. The van der Waals surface area contributed by atoms with Crippen LogP contribution in [0.4, 0.5) is 11.7 Å². The quantitative estimate of drug-likeness (QED) is 0.589. The highest BCUT2D eigenvalue weighted by Gasteiger charge is 2.21. The highest BCUT2D eigenvalue weighted by molar-refractivity contribution is 5.86. The summed E-state index contributed by atoms with van der Waals surface area (Å²) < 4.78 is 5.88. The number of nitrogens with zero attached hydrogens (tertiary/aromatic N) is 3. The second-order valence-corrected chi connectivity index (χ2v) is 7.35. The Kier molecular flexibility index (Phi) is 3.26. The maximum atomic E-state index is 5.88. The van der Waals surface area contributed by atoms with Crippen LogP contribution in [0.1, 0.15) is 16.8 Å². The Morgan fingerprint density at radius 1 is 1.15 bits per heavy atom. The van der Waals surface area contributed by atoms with Gasteiger partial charge >= 0.3 is 0 Å². The van der Waals surface area contributed by atoms with Gasteiger partial charge in [0.15, 0.2) is 5.58 Å². The molecule has 1 N–H and O–H groups in total. The van der Waals surface area contributed by atoms with Gasteiger partial charge in [-0.25, -0.2) is 0 Å². The van der Waals surface area contributed by atoms with Gasteiger partial charge in [0.2, 0.25) is 0 Å². The van der Waals surface area contributed by atoms with E-state index in [4.69, 9.17) is 4.42 Å². The van der Waals surface area contributed by atoms with Crippen molar-refractivity contribution in [1.82, 2.24) is 9.97 Å². The summed E-state index contributed by atoms with van der Waals surface area (Å²) in [6.45, 7) is 4.07. The summed E-state index contributed by atoms with van der Waals surface area (Å²) in [5.41, 5.74) is 8.26. The molecule has 5 heteroatoms. The van der Waals surface area contributed by atoms with Crippen molar-refractivity contribution in [2.24, 2.45) is 0 Å². The van der Waals surface area contributed by atoms with Gasteiger partial charge in [0.1, 0.15) is 5.52 Å². The van der Waals surface area contributed by atoms with E-state index in [1.54, 1.807) is 0 Å². The lowest BCUT2D eigenvalue weighted by molar-refractivity contribution is 0.596. The molecule has 26 heavy (non-hydrogen) atoms. The van der Waals surface area contributed by atoms with Gasteiger partial charge in [-0.1, -0.05) is 11.6 Å². The molecule has 1 aliphatic rings. The van der Waals surface area contributed by atoms with Crippen molar-refractivity contribution in [1.29, 1.82) is 0 Å². The molecule has 132 valence electrons. The number of anilines is 2. The summed E-state index contributed by atoms with van der Waals surface area (Å²) in [5, 5.41) is 1.35. The van der Waals surface area contributed by atoms with Gasteiger partial charge in [0.05, 0.1) is 0 Å². The number of aromatic amines is 1. The number of hydrogen-bond donors (Lipinski definition) is 1. The molecule has 1 aliphatic heterocycles. The molecule has 0 unspecified atom stereocenters. The number of fused-ring (bicyclic) bond motifs is 4. The van der Waals surface area contributed by atoms with Gasteiger partial charge < -0.3 is 19.2 Å². The lowest BCUT2D eigenvalue weighted by atomic mass is 10.0. The summed E-state index contributed by atoms with van der Waals surface area (Å²) in [6.07, 6.45) is 1.03. The van der Waals surface area contributed by atoms with E-state index in [1.807, 2.05) is 19.0 Å². The number of oxazole rings is 1. The van der Waals surface area contributed by atoms with E-state index in [0.717, 1.165) is 30.6 Å². The van der Waals surface area contributed by atoms with Crippen molar-refractivity contribution in [2.45, 2.75) is 19.9 Å². The zero-order chi connectivity index (χ0) is 17.8. The molecular formula is C21H22N4O. The van der Waals surface area contributed by atoms with Crippen LogP contribution in [0.25, 0.3) is 22.0 Å². The molecule has 0 atom stereocenters. The molecule has 5 nitrogen and oxygen atoms in total. The molecule has 2 aromatic carbocycles. The molecule has 4 aromatic rings. The van der Waals surface area contributed by atoms with Crippen molar-refractivity contribution >= 4 is 33.7 Å². The Labute approximate surface area is 152 Å². The summed E-state index contributed by atoms with van der Waals surface area (Å²) in [4.78, 5) is 12.4. The molecular weight excluding hydrogens is 324 g/mol. The molecule has 0 aliphatic carbocycles. The van der Waals surface area contributed by atoms with Crippen LogP contribution in [0.3, 0.4) is 0 Å². The number of aryl methyl sites for hydroxylation is 1. The van der Waals surface area contributed by atoms with E-state index < -0.39 is 0 Å². The molecule has 0 saturated heterocycles. The molecule has 0 amide bonds. The molecule has 5 rings (SSSR count). The summed E-state index contributed by atoms with van der Waals surface area (Å²) >= 11 is 0. The number of H-pyrrole nitrogens is 1. The van der Waals surface area contributed by atoms with E-state index in [-0.39, 0.29) is 0 Å². The van der Waals surface area contributed by atoms with Crippen LogP contribution in [-0.2, 0) is 13.0 Å². The van der Waals surface area contributed by atoms with Crippen LogP contribution in [0.15, 0.2) is 40.8 Å². The average molecular weight is 346 g/mol. The SMILES string of the molecule is Cc1ccc2[nH]c3c(c2c1)CN(c1ccc2nc(N(C)C)oc2c1)CC3. The zero-order valence-electron chi connectivity index (χ0n) is 15.3. The Hall–Kier alpha value is -2.95. The molecule has 0 bridgehead atoms. The zero-order valence-corrected chi connectivity index (χ0v) is 15.3. The molecule has 0 radical (unpaired) electrons. The normalized spacial score (nSPS) is 14.2. The van der Waals surface area contributed by atoms with Crippen molar-refractivity contribution in [2.75, 3.05) is 30.4 Å². The number of benzene rings is 2. The maximum Gasteiger partial charge on any atom is 0.297 e. The predicted octanol–water partition coefficient (Wildman–Crippen LogP) is 4.25. The highest BCUT2D eigenvalue weighted by atomic mass is 16.4. The maximum absolute atomic E-state index is 5.88. The number of hydrogen-bond acceptors (Lipinski definition) is 4. The molecule has 3 heterocycles. The Bertz CT molecular complexity index is 1120. The van der Waals surface area contributed by atoms with Crippen LogP contribution in [-0.4, -0.2) is 30.6 Å². The number of aromatic nitrogens is 2. The largest absolute Gasteiger partial charge is 0.423 e. The first-order chi connectivity index (χ1) is 12.6. The third-order valence-corrected chi connectivity index (χ3v) is 5.24. The fraction of sp³-hybridized carbons (Fsp3) is 0.286. The minimum atomic E-state index is 0.644. The van der Waals surface area contributed by atoms with Gasteiger partial charge in [-0.3, -0.25) is 0 Å². The summed E-state index contributed by atoms with van der Waals surface area (Å²) in [6, 6.07) is 13.6. The van der Waals surface area contributed by atoms with E-state index in [0.29, 0.717) is 6.01 Å². The fourth-order valence-electron chi connectivity index (χ4n) is 3.84. The van der Waals surface area contributed by atoms with E-state index in [1.165, 1.54) is 33.4 Å². The summed E-state index contributed by atoms with van der Waals surface area (Å²) in [7, 11) is 3.88. The molecule has 0 spiro atoms. The number of nitrogens with one attached hydrogen (secondary N) is 1. The molecule has 2 aromatic heterocycles. The van der Waals surface area contributed by atoms with E-state index in [9.17, 15) is 0 Å². The number of rotatable bonds is 2. The van der Waals surface area contributed by atoms with E-state index >= 15 is 0 Å². The van der Waals surface area contributed by atoms with Crippen LogP contribution in [0.2, 0.25) is 0 Å². The van der Waals surface area contributed by atoms with Crippen molar-refractivity contribution in [3.05, 3.63) is 53.2 Å². The van der Waals surface area contributed by atoms with Crippen molar-refractivity contribution in [3.63, 3.8) is 0 Å². The van der Waals surface area contributed by atoms with Gasteiger partial charge in [-0.05, 0) is 31.2 Å². The highest BCUT2D eigenvalue weighted by Crippen LogP contribution is 2.32. The lowest BCUT2D eigenvalue weighted by Gasteiger charge is -2.29. The first-order valence-electron chi connectivity index (χ1n) is 9.01. The average Bonchev–Trinajstić information content (AvgIpc) is 3.21. The first-order valence-corrected chi connectivity index (χ1v) is 9.01. The minimum absolute atomic E-state index is 0.644. The monoisotopic (exact) mass is 346 g/mol. The smallest absolute Gasteiger partial charge is 0.297 e. The standard InChI is InChI=1S/C21H22N4O/c1-13-4-6-17-15(10-13)16-12-25(9-8-18(16)22-17)14-5-7-19-20(11-14)26-21(23-19)24(2)3/h4-7,10-11,22H,8-9,12H2,1-3H3. The Morgan fingerprint density at radius 3 is 2.88 bits per heavy atom. The van der Waals surface area contributed by atoms with Gasteiger partial charge in [-0.15, -0.1) is 0 Å². The minimum Gasteiger partial charge on any atom is -0.423 e. The summed E-state index contributed by atoms with van der Waals surface area (Å²) in [5.74, 6) is 0. The lowest BCUT2D eigenvalue weighted by Crippen LogP contribution is -2.29. The van der Waals surface area contributed by atoms with Crippen LogP contribution in [0.5, 0.6) is 0 Å². The third kappa shape index (κ3) is 2.35. The van der Waals surface area contributed by atoms with Crippen molar-refractivity contribution < 1.29 is 4.42 Å². The van der Waals surface area contributed by atoms with Gasteiger partial charge in [-0.2, -0.15) is 4.98 Å². The van der Waals surface area contributed by atoms with Crippen LogP contribution >= 0.6 is 0 Å². The van der Waals surface area contributed by atoms with Gasteiger partial charge in [0.25, 0.3) is 6.01 Å². The van der Waals surface area contributed by atoms with Crippen molar-refractivity contribution in [3.8, 4) is 0 Å². The Morgan fingerprint density at radius 2 is 2.04 bits per heavy atom. The topological polar surface area (TPSA) is 48.3 Å². The third-order valence-electron chi connectivity index (χ3n) is 5.24. The van der Waals surface area contributed by atoms with E-state index in [2.05, 4.69) is 58.2 Å². The predicted molar refractivity (Wildman–Crippen MR) is 106 cm³/mol. The second kappa shape index (κ2) is 5.53. The molecule has 0 saturated carbocycles.